The highest BCUT2D eigenvalue weighted by Crippen LogP contribution is 2.24. The highest BCUT2D eigenvalue weighted by molar-refractivity contribution is 7.13. The molecule has 1 atom stereocenters. The molecule has 1 amide bonds. The van der Waals surface area contributed by atoms with E-state index in [4.69, 9.17) is 9.26 Å². The topological polar surface area (TPSA) is 104 Å². The maximum atomic E-state index is 12.2. The number of thiophene rings is 1. The molecule has 0 radical (unpaired) electrons. The van der Waals surface area contributed by atoms with Crippen LogP contribution in [0.25, 0.3) is 10.7 Å². The number of ether oxygens (including phenoxy) is 2. The third-order valence-corrected chi connectivity index (χ3v) is 4.65. The van der Waals surface area contributed by atoms with E-state index in [1.807, 2.05) is 17.5 Å². The predicted octanol–water partition coefficient (Wildman–Crippen LogP) is 4.20. The molecule has 1 aromatic carbocycles. The fourth-order valence-corrected chi connectivity index (χ4v) is 3.01. The monoisotopic (exact) mass is 455 g/mol. The summed E-state index contributed by atoms with van der Waals surface area (Å²) in [6.07, 6.45) is -5.86. The summed E-state index contributed by atoms with van der Waals surface area (Å²) in [7, 11) is 0. The van der Waals surface area contributed by atoms with E-state index in [9.17, 15) is 22.8 Å². The van der Waals surface area contributed by atoms with Gasteiger partial charge in [-0.25, -0.2) is 0 Å². The Bertz CT molecular complexity index is 1020. The van der Waals surface area contributed by atoms with Crippen LogP contribution in [0, 0.1) is 0 Å². The summed E-state index contributed by atoms with van der Waals surface area (Å²) in [6.45, 7) is 1.37. The van der Waals surface area contributed by atoms with Gasteiger partial charge in [0.2, 0.25) is 11.7 Å². The van der Waals surface area contributed by atoms with Crippen LogP contribution in [0.4, 0.5) is 18.9 Å². The number of aromatic nitrogens is 2. The Morgan fingerprint density at radius 1 is 1.23 bits per heavy atom. The number of anilines is 1. The second-order valence-corrected chi connectivity index (χ2v) is 7.13. The Morgan fingerprint density at radius 2 is 1.97 bits per heavy atom. The zero-order valence-corrected chi connectivity index (χ0v) is 16.8. The molecule has 2 heterocycles. The molecule has 3 rings (SSSR count). The van der Waals surface area contributed by atoms with Crippen molar-refractivity contribution in [1.82, 2.24) is 10.1 Å². The molecule has 0 aliphatic heterocycles. The first-order valence-electron chi connectivity index (χ1n) is 8.92. The number of halogens is 3. The van der Waals surface area contributed by atoms with Crippen molar-refractivity contribution in [2.24, 2.45) is 0 Å². The lowest BCUT2D eigenvalue weighted by Crippen LogP contribution is -2.30. The Balaban J connectivity index is 1.44. The third kappa shape index (κ3) is 6.81. The van der Waals surface area contributed by atoms with E-state index >= 15 is 0 Å². The summed E-state index contributed by atoms with van der Waals surface area (Å²) >= 11 is 1.45. The number of amides is 1. The number of aryl methyl sites for hydroxylation is 1. The first kappa shape index (κ1) is 22.3. The number of hydrogen-bond donors (Lipinski definition) is 1. The van der Waals surface area contributed by atoms with Gasteiger partial charge in [-0.1, -0.05) is 11.2 Å². The van der Waals surface area contributed by atoms with Gasteiger partial charge in [0.05, 0.1) is 11.3 Å². The molecule has 0 saturated heterocycles. The number of nitrogens with one attached hydrogen (secondary N) is 1. The highest BCUT2D eigenvalue weighted by Gasteiger charge is 2.31. The van der Waals surface area contributed by atoms with Crippen molar-refractivity contribution in [3.63, 3.8) is 0 Å². The lowest BCUT2D eigenvalue weighted by Gasteiger charge is -2.14. The molecule has 0 aliphatic rings. The van der Waals surface area contributed by atoms with Gasteiger partial charge >= 0.3 is 12.3 Å². The van der Waals surface area contributed by atoms with Crippen molar-refractivity contribution in [1.29, 1.82) is 0 Å². The number of hydrogen-bond acceptors (Lipinski definition) is 8. The van der Waals surface area contributed by atoms with Crippen LogP contribution >= 0.6 is 11.3 Å². The van der Waals surface area contributed by atoms with Crippen LogP contribution in [-0.2, 0) is 20.7 Å². The van der Waals surface area contributed by atoms with Crippen LogP contribution in [0.1, 0.15) is 19.2 Å². The number of carbonyl (C=O) groups excluding carboxylic acids is 2. The van der Waals surface area contributed by atoms with Crippen molar-refractivity contribution in [2.45, 2.75) is 32.2 Å². The standard InChI is InChI=1S/C19H16F3N3O5S/c1-11(18(27)23-12-4-6-13(7-5-12)29-19(20,21)22)28-16(26)9-8-15-24-17(25-30-15)14-3-2-10-31-14/h2-7,10-11H,8-9H2,1H3,(H,23,27). The average molecular weight is 455 g/mol. The van der Waals surface area contributed by atoms with E-state index in [0.29, 0.717) is 5.82 Å². The molecule has 1 N–H and O–H groups in total. The van der Waals surface area contributed by atoms with Gasteiger partial charge in [-0.3, -0.25) is 9.59 Å². The molecule has 0 fully saturated rings. The van der Waals surface area contributed by atoms with Crippen LogP contribution in [0.3, 0.4) is 0 Å². The van der Waals surface area contributed by atoms with Gasteiger partial charge in [-0.15, -0.1) is 24.5 Å². The van der Waals surface area contributed by atoms with Crippen molar-refractivity contribution in [2.75, 3.05) is 5.32 Å². The fourth-order valence-electron chi connectivity index (χ4n) is 2.36. The van der Waals surface area contributed by atoms with Crippen molar-refractivity contribution < 1.29 is 36.8 Å². The zero-order chi connectivity index (χ0) is 22.4. The molecule has 31 heavy (non-hydrogen) atoms. The molecule has 12 heteroatoms. The summed E-state index contributed by atoms with van der Waals surface area (Å²) < 4.78 is 50.4. The van der Waals surface area contributed by atoms with Gasteiger partial charge < -0.3 is 19.3 Å². The van der Waals surface area contributed by atoms with E-state index in [1.54, 1.807) is 0 Å². The van der Waals surface area contributed by atoms with Gasteiger partial charge in [0.15, 0.2) is 6.10 Å². The van der Waals surface area contributed by atoms with Crippen molar-refractivity contribution in [3.05, 3.63) is 47.7 Å². The second kappa shape index (κ2) is 9.60. The average Bonchev–Trinajstić information content (AvgIpc) is 3.38. The first-order valence-corrected chi connectivity index (χ1v) is 9.80. The normalized spacial score (nSPS) is 12.3. The number of rotatable bonds is 8. The molecule has 3 aromatic rings. The van der Waals surface area contributed by atoms with Gasteiger partial charge in [0.1, 0.15) is 5.75 Å². The Kier molecular flexibility index (Phi) is 6.90. The second-order valence-electron chi connectivity index (χ2n) is 6.18. The molecule has 0 aliphatic carbocycles. The Morgan fingerprint density at radius 3 is 2.61 bits per heavy atom. The summed E-state index contributed by atoms with van der Waals surface area (Å²) in [5.41, 5.74) is 0.217. The van der Waals surface area contributed by atoms with Crippen molar-refractivity contribution >= 4 is 28.9 Å². The van der Waals surface area contributed by atoms with Crippen LogP contribution in [0.5, 0.6) is 5.75 Å². The molecular weight excluding hydrogens is 439 g/mol. The van der Waals surface area contributed by atoms with Crippen molar-refractivity contribution in [3.8, 4) is 16.5 Å². The maximum absolute atomic E-state index is 12.2. The van der Waals surface area contributed by atoms with E-state index in [2.05, 4.69) is 20.2 Å². The van der Waals surface area contributed by atoms with Crippen LogP contribution in [-0.4, -0.2) is 34.5 Å². The first-order chi connectivity index (χ1) is 14.7. The minimum absolute atomic E-state index is 0.0762. The molecule has 0 saturated carbocycles. The van der Waals surface area contributed by atoms with Gasteiger partial charge in [0, 0.05) is 12.1 Å². The number of nitrogens with zero attached hydrogens (tertiary/aromatic N) is 2. The van der Waals surface area contributed by atoms with E-state index in [0.717, 1.165) is 17.0 Å². The highest BCUT2D eigenvalue weighted by atomic mass is 32.1. The largest absolute Gasteiger partial charge is 0.573 e. The summed E-state index contributed by atoms with van der Waals surface area (Å²) in [4.78, 5) is 29.1. The number of alkyl halides is 3. The fraction of sp³-hybridized carbons (Fsp3) is 0.263. The molecule has 1 unspecified atom stereocenters. The smallest absolute Gasteiger partial charge is 0.453 e. The quantitative estimate of drug-likeness (QED) is 0.508. The molecule has 2 aromatic heterocycles. The van der Waals surface area contributed by atoms with Gasteiger partial charge in [-0.2, -0.15) is 4.98 Å². The summed E-state index contributed by atoms with van der Waals surface area (Å²) in [6, 6.07) is 8.25. The zero-order valence-electron chi connectivity index (χ0n) is 16.0. The minimum Gasteiger partial charge on any atom is -0.453 e. The lowest BCUT2D eigenvalue weighted by molar-refractivity contribution is -0.274. The van der Waals surface area contributed by atoms with Gasteiger partial charge in [-0.05, 0) is 42.6 Å². The number of esters is 1. The number of benzene rings is 1. The summed E-state index contributed by atoms with van der Waals surface area (Å²) in [5, 5.41) is 8.15. The van der Waals surface area contributed by atoms with E-state index in [1.165, 1.54) is 30.4 Å². The minimum atomic E-state index is -4.81. The van der Waals surface area contributed by atoms with Crippen LogP contribution in [0.2, 0.25) is 0 Å². The molecule has 8 nitrogen and oxygen atoms in total. The summed E-state index contributed by atoms with van der Waals surface area (Å²) in [5.74, 6) is -1.02. The van der Waals surface area contributed by atoms with Crippen LogP contribution in [0.15, 0.2) is 46.3 Å². The number of carbonyl (C=O) groups is 2. The third-order valence-electron chi connectivity index (χ3n) is 3.79. The van der Waals surface area contributed by atoms with E-state index in [-0.39, 0.29) is 24.4 Å². The van der Waals surface area contributed by atoms with Gasteiger partial charge in [0.25, 0.3) is 5.91 Å². The molecular formula is C19H16F3N3O5S. The molecule has 0 spiro atoms. The molecule has 164 valence electrons. The predicted molar refractivity (Wildman–Crippen MR) is 103 cm³/mol. The Labute approximate surface area is 178 Å². The molecule has 0 bridgehead atoms. The van der Waals surface area contributed by atoms with Crippen LogP contribution < -0.4 is 10.1 Å². The SMILES string of the molecule is CC(OC(=O)CCc1nc(-c2cccs2)no1)C(=O)Nc1ccc(OC(F)(F)F)cc1. The lowest BCUT2D eigenvalue weighted by atomic mass is 10.2. The Hall–Kier alpha value is -3.41. The van der Waals surface area contributed by atoms with E-state index < -0.39 is 30.1 Å². The maximum Gasteiger partial charge on any atom is 0.573 e.